The third-order valence-corrected chi connectivity index (χ3v) is 5.23. The molecule has 2 heterocycles. The Labute approximate surface area is 129 Å². The summed E-state index contributed by atoms with van der Waals surface area (Å²) in [7, 11) is 2.07. The van der Waals surface area contributed by atoms with Crippen molar-refractivity contribution in [3.63, 3.8) is 0 Å². The third kappa shape index (κ3) is 3.09. The fourth-order valence-corrected chi connectivity index (χ4v) is 4.02. The van der Waals surface area contributed by atoms with Crippen molar-refractivity contribution < 1.29 is 0 Å². The van der Waals surface area contributed by atoms with E-state index in [0.29, 0.717) is 6.04 Å². The van der Waals surface area contributed by atoms with Crippen LogP contribution in [0.15, 0.2) is 24.3 Å². The maximum atomic E-state index is 3.46. The second-order valence-electron chi connectivity index (χ2n) is 6.44. The second-order valence-corrected chi connectivity index (χ2v) is 6.44. The number of likely N-dealkylation sites (tertiary alicyclic amines) is 1. The van der Waals surface area contributed by atoms with E-state index in [2.05, 4.69) is 53.4 Å². The van der Waals surface area contributed by atoms with Gasteiger partial charge in [0.2, 0.25) is 0 Å². The molecule has 2 aliphatic rings. The Morgan fingerprint density at radius 3 is 2.67 bits per heavy atom. The second kappa shape index (κ2) is 6.80. The van der Waals surface area contributed by atoms with E-state index < -0.39 is 0 Å². The van der Waals surface area contributed by atoms with Gasteiger partial charge in [-0.15, -0.1) is 0 Å². The summed E-state index contributed by atoms with van der Waals surface area (Å²) >= 11 is 0. The Kier molecular flexibility index (Phi) is 4.81. The highest BCUT2D eigenvalue weighted by Gasteiger charge is 2.30. The van der Waals surface area contributed by atoms with E-state index in [-0.39, 0.29) is 0 Å². The van der Waals surface area contributed by atoms with Crippen molar-refractivity contribution in [2.45, 2.75) is 44.7 Å². The summed E-state index contributed by atoms with van der Waals surface area (Å²) in [6.07, 6.45) is 5.25. The first-order valence-corrected chi connectivity index (χ1v) is 8.58. The Morgan fingerprint density at radius 1 is 1.19 bits per heavy atom. The molecular weight excluding hydrogens is 258 g/mol. The van der Waals surface area contributed by atoms with Crippen molar-refractivity contribution in [1.82, 2.24) is 10.2 Å². The lowest BCUT2D eigenvalue weighted by Crippen LogP contribution is -2.35. The van der Waals surface area contributed by atoms with Crippen molar-refractivity contribution in [1.29, 1.82) is 0 Å². The van der Waals surface area contributed by atoms with E-state index >= 15 is 0 Å². The van der Waals surface area contributed by atoms with Gasteiger partial charge in [0.05, 0.1) is 0 Å². The van der Waals surface area contributed by atoms with Crippen molar-refractivity contribution in [3.05, 3.63) is 29.8 Å². The largest absolute Gasteiger partial charge is 0.370 e. The van der Waals surface area contributed by atoms with Crippen LogP contribution in [0.4, 0.5) is 5.69 Å². The van der Waals surface area contributed by atoms with Gasteiger partial charge in [0.25, 0.3) is 0 Å². The van der Waals surface area contributed by atoms with Crippen LogP contribution in [0, 0.1) is 0 Å². The number of anilines is 1. The molecule has 0 amide bonds. The predicted octanol–water partition coefficient (Wildman–Crippen LogP) is 3.03. The number of nitrogens with one attached hydrogen (secondary N) is 1. The predicted molar refractivity (Wildman–Crippen MR) is 90.0 cm³/mol. The molecule has 3 nitrogen and oxygen atoms in total. The molecule has 0 saturated carbocycles. The normalized spacial score (nSPS) is 24.7. The first-order valence-electron chi connectivity index (χ1n) is 8.58. The molecule has 0 bridgehead atoms. The minimum atomic E-state index is 0.465. The summed E-state index contributed by atoms with van der Waals surface area (Å²) < 4.78 is 0. The van der Waals surface area contributed by atoms with Crippen LogP contribution >= 0.6 is 0 Å². The summed E-state index contributed by atoms with van der Waals surface area (Å²) in [6.45, 7) is 7.30. The zero-order valence-corrected chi connectivity index (χ0v) is 13.5. The zero-order chi connectivity index (χ0) is 14.7. The number of para-hydroxylation sites is 1. The van der Waals surface area contributed by atoms with E-state index in [0.717, 1.165) is 12.5 Å². The van der Waals surface area contributed by atoms with Gasteiger partial charge in [0, 0.05) is 30.9 Å². The van der Waals surface area contributed by atoms with E-state index in [4.69, 9.17) is 0 Å². The van der Waals surface area contributed by atoms with Crippen molar-refractivity contribution in [2.75, 3.05) is 38.1 Å². The van der Waals surface area contributed by atoms with Crippen LogP contribution in [0.2, 0.25) is 0 Å². The highest BCUT2D eigenvalue weighted by Crippen LogP contribution is 2.32. The van der Waals surface area contributed by atoms with Crippen molar-refractivity contribution in [3.8, 4) is 0 Å². The molecule has 2 atom stereocenters. The fraction of sp³-hybridized carbons (Fsp3) is 0.667. The van der Waals surface area contributed by atoms with Gasteiger partial charge in [-0.1, -0.05) is 25.1 Å². The van der Waals surface area contributed by atoms with Crippen LogP contribution in [0.25, 0.3) is 0 Å². The summed E-state index contributed by atoms with van der Waals surface area (Å²) in [5.74, 6) is 0. The molecule has 3 rings (SSSR count). The molecular formula is C18H29N3. The molecule has 2 fully saturated rings. The van der Waals surface area contributed by atoms with Gasteiger partial charge in [-0.25, -0.2) is 0 Å². The minimum absolute atomic E-state index is 0.465. The molecule has 1 aromatic carbocycles. The van der Waals surface area contributed by atoms with Crippen LogP contribution in [-0.4, -0.2) is 44.2 Å². The van der Waals surface area contributed by atoms with E-state index in [1.54, 1.807) is 0 Å². The van der Waals surface area contributed by atoms with Gasteiger partial charge >= 0.3 is 0 Å². The maximum absolute atomic E-state index is 3.46. The number of nitrogens with zero attached hydrogens (tertiary/aromatic N) is 2. The molecule has 21 heavy (non-hydrogen) atoms. The van der Waals surface area contributed by atoms with Gasteiger partial charge < -0.3 is 10.2 Å². The van der Waals surface area contributed by atoms with Crippen LogP contribution in [0.3, 0.4) is 0 Å². The molecule has 2 saturated heterocycles. The molecule has 116 valence electrons. The Bertz CT molecular complexity index is 450. The van der Waals surface area contributed by atoms with Crippen molar-refractivity contribution in [2.24, 2.45) is 0 Å². The molecule has 1 N–H and O–H groups in total. The number of rotatable bonds is 5. The fourth-order valence-electron chi connectivity index (χ4n) is 4.02. The van der Waals surface area contributed by atoms with Crippen molar-refractivity contribution >= 4 is 5.69 Å². The lowest BCUT2D eigenvalue weighted by atomic mass is 10.0. The van der Waals surface area contributed by atoms with Gasteiger partial charge in [-0.2, -0.15) is 0 Å². The van der Waals surface area contributed by atoms with Crippen LogP contribution in [0.5, 0.6) is 0 Å². The maximum Gasteiger partial charge on any atom is 0.0415 e. The quantitative estimate of drug-likeness (QED) is 0.898. The molecule has 2 unspecified atom stereocenters. The Balaban J connectivity index is 1.75. The standard InChI is InChI=1S/C18H29N3/c1-3-17(19-2)16-8-4-5-9-18(16)21-13-10-15(14-21)20-11-6-7-12-20/h4-5,8-9,15,17,19H,3,6-7,10-14H2,1-2H3. The van der Waals surface area contributed by atoms with E-state index in [1.807, 2.05) is 0 Å². The Hall–Kier alpha value is -1.06. The molecule has 2 aliphatic heterocycles. The third-order valence-electron chi connectivity index (χ3n) is 5.23. The molecule has 3 heteroatoms. The Morgan fingerprint density at radius 2 is 1.95 bits per heavy atom. The molecule has 0 radical (unpaired) electrons. The smallest absolute Gasteiger partial charge is 0.0415 e. The van der Waals surface area contributed by atoms with E-state index in [9.17, 15) is 0 Å². The molecule has 0 aromatic heterocycles. The van der Waals surface area contributed by atoms with Crippen LogP contribution in [0.1, 0.15) is 44.2 Å². The molecule has 1 aromatic rings. The minimum Gasteiger partial charge on any atom is -0.370 e. The highest BCUT2D eigenvalue weighted by atomic mass is 15.3. The van der Waals surface area contributed by atoms with Gasteiger partial charge in [-0.05, 0) is 57.5 Å². The SMILES string of the molecule is CCC(NC)c1ccccc1N1CCC(N2CCCC2)C1. The van der Waals surface area contributed by atoms with Gasteiger partial charge in [0.15, 0.2) is 0 Å². The topological polar surface area (TPSA) is 18.5 Å². The zero-order valence-electron chi connectivity index (χ0n) is 13.5. The van der Waals surface area contributed by atoms with Crippen LogP contribution in [-0.2, 0) is 0 Å². The first-order chi connectivity index (χ1) is 10.3. The number of hydrogen-bond acceptors (Lipinski definition) is 3. The first kappa shape index (κ1) is 14.9. The van der Waals surface area contributed by atoms with Gasteiger partial charge in [-0.3, -0.25) is 4.90 Å². The van der Waals surface area contributed by atoms with Crippen LogP contribution < -0.4 is 10.2 Å². The summed E-state index contributed by atoms with van der Waals surface area (Å²) in [5.41, 5.74) is 2.91. The molecule has 0 aliphatic carbocycles. The number of benzene rings is 1. The van der Waals surface area contributed by atoms with E-state index in [1.165, 1.54) is 56.7 Å². The van der Waals surface area contributed by atoms with Gasteiger partial charge in [0.1, 0.15) is 0 Å². The average Bonchev–Trinajstić information content (AvgIpc) is 3.20. The summed E-state index contributed by atoms with van der Waals surface area (Å²) in [5, 5.41) is 3.46. The lowest BCUT2D eigenvalue weighted by Gasteiger charge is -2.27. The average molecular weight is 287 g/mol. The lowest BCUT2D eigenvalue weighted by molar-refractivity contribution is 0.260. The summed E-state index contributed by atoms with van der Waals surface area (Å²) in [6, 6.07) is 10.2. The summed E-state index contributed by atoms with van der Waals surface area (Å²) in [4.78, 5) is 5.32. The highest BCUT2D eigenvalue weighted by molar-refractivity contribution is 5.56. The number of hydrogen-bond donors (Lipinski definition) is 1. The monoisotopic (exact) mass is 287 g/mol. The molecule has 0 spiro atoms.